The van der Waals surface area contributed by atoms with E-state index < -0.39 is 0 Å². The van der Waals surface area contributed by atoms with Gasteiger partial charge in [-0.2, -0.15) is 0 Å². The average molecular weight is 466 g/mol. The fraction of sp³-hybridized carbons (Fsp3) is 0.226. The molecule has 0 spiro atoms. The Hall–Kier alpha value is -3.76. The van der Waals surface area contributed by atoms with Crippen molar-refractivity contribution in [1.82, 2.24) is 4.90 Å². The Kier molecular flexibility index (Phi) is 7.01. The van der Waals surface area contributed by atoms with Crippen LogP contribution in [0.25, 0.3) is 22.4 Å². The van der Waals surface area contributed by atoms with Crippen LogP contribution in [0.5, 0.6) is 17.2 Å². The Bertz CT molecular complexity index is 1300. The number of hydrogen-bond acceptors (Lipinski definition) is 4. The van der Waals surface area contributed by atoms with Crippen molar-refractivity contribution in [3.05, 3.63) is 102 Å². The van der Waals surface area contributed by atoms with Gasteiger partial charge in [0.1, 0.15) is 23.9 Å². The van der Waals surface area contributed by atoms with Crippen LogP contribution in [0.2, 0.25) is 0 Å². The van der Waals surface area contributed by atoms with Crippen molar-refractivity contribution in [3.8, 4) is 17.2 Å². The molecule has 0 aliphatic carbocycles. The standard InChI is InChI=1S/C31H31NO3/c33-27-11-7-23(8-12-27)31(22-26-6-4-5-25-21-28(34)13-16-30(25)26)24-9-14-29(15-10-24)35-20-19-32-17-2-1-3-18-32/h4-16,21-22,33-34H,1-3,17-20H2/b31-22+. The van der Waals surface area contributed by atoms with E-state index in [1.54, 1.807) is 24.3 Å². The van der Waals surface area contributed by atoms with Crippen LogP contribution in [0.4, 0.5) is 0 Å². The number of piperidine rings is 1. The van der Waals surface area contributed by atoms with E-state index in [9.17, 15) is 10.2 Å². The Morgan fingerprint density at radius 1 is 0.771 bits per heavy atom. The highest BCUT2D eigenvalue weighted by molar-refractivity contribution is 5.99. The molecular weight excluding hydrogens is 434 g/mol. The number of phenolic OH excluding ortho intramolecular Hbond substituents is 2. The Balaban J connectivity index is 1.42. The van der Waals surface area contributed by atoms with E-state index in [4.69, 9.17) is 4.74 Å². The van der Waals surface area contributed by atoms with Gasteiger partial charge in [-0.3, -0.25) is 4.90 Å². The summed E-state index contributed by atoms with van der Waals surface area (Å²) < 4.78 is 6.03. The van der Waals surface area contributed by atoms with Gasteiger partial charge in [0.2, 0.25) is 0 Å². The third-order valence-corrected chi connectivity index (χ3v) is 6.67. The molecule has 0 unspecified atom stereocenters. The zero-order chi connectivity index (χ0) is 24.0. The van der Waals surface area contributed by atoms with Gasteiger partial charge in [-0.1, -0.05) is 55.0 Å². The largest absolute Gasteiger partial charge is 0.508 e. The molecule has 4 heteroatoms. The van der Waals surface area contributed by atoms with Gasteiger partial charge in [0.15, 0.2) is 0 Å². The molecule has 0 bridgehead atoms. The van der Waals surface area contributed by atoms with Crippen LogP contribution in [0, 0.1) is 0 Å². The van der Waals surface area contributed by atoms with Gasteiger partial charge in [0.05, 0.1) is 0 Å². The van der Waals surface area contributed by atoms with Gasteiger partial charge in [-0.05, 0) is 101 Å². The van der Waals surface area contributed by atoms with E-state index in [1.165, 1.54) is 32.4 Å². The van der Waals surface area contributed by atoms with Crippen LogP contribution in [0.1, 0.15) is 36.0 Å². The molecule has 0 saturated carbocycles. The minimum atomic E-state index is 0.242. The number of ether oxygens (including phenoxy) is 1. The minimum absolute atomic E-state index is 0.242. The highest BCUT2D eigenvalue weighted by atomic mass is 16.5. The molecule has 1 aliphatic rings. The second-order valence-corrected chi connectivity index (χ2v) is 9.13. The molecule has 1 heterocycles. The lowest BCUT2D eigenvalue weighted by Gasteiger charge is -2.26. The maximum Gasteiger partial charge on any atom is 0.119 e. The first-order chi connectivity index (χ1) is 17.2. The topological polar surface area (TPSA) is 52.9 Å². The molecule has 1 aliphatic heterocycles. The van der Waals surface area contributed by atoms with Crippen molar-refractivity contribution in [2.75, 3.05) is 26.2 Å². The van der Waals surface area contributed by atoms with Crippen molar-refractivity contribution in [1.29, 1.82) is 0 Å². The first kappa shape index (κ1) is 23.0. The van der Waals surface area contributed by atoms with Crippen LogP contribution < -0.4 is 4.74 Å². The van der Waals surface area contributed by atoms with Crippen LogP contribution in [-0.4, -0.2) is 41.4 Å². The molecule has 4 aromatic carbocycles. The lowest BCUT2D eigenvalue weighted by molar-refractivity contribution is 0.183. The highest BCUT2D eigenvalue weighted by Gasteiger charge is 2.11. The number of fused-ring (bicyclic) bond motifs is 1. The summed E-state index contributed by atoms with van der Waals surface area (Å²) in [5.41, 5.74) is 4.19. The first-order valence-electron chi connectivity index (χ1n) is 12.3. The molecule has 1 saturated heterocycles. The van der Waals surface area contributed by atoms with Gasteiger partial charge in [0.25, 0.3) is 0 Å². The van der Waals surface area contributed by atoms with Gasteiger partial charge >= 0.3 is 0 Å². The number of phenols is 2. The van der Waals surface area contributed by atoms with Crippen LogP contribution in [0.3, 0.4) is 0 Å². The number of hydrogen-bond donors (Lipinski definition) is 2. The summed E-state index contributed by atoms with van der Waals surface area (Å²) in [7, 11) is 0. The monoisotopic (exact) mass is 465 g/mol. The smallest absolute Gasteiger partial charge is 0.119 e. The summed E-state index contributed by atoms with van der Waals surface area (Å²) >= 11 is 0. The summed E-state index contributed by atoms with van der Waals surface area (Å²) in [6.07, 6.45) is 6.09. The van der Waals surface area contributed by atoms with Crippen LogP contribution >= 0.6 is 0 Å². The molecule has 5 rings (SSSR count). The van der Waals surface area contributed by atoms with Crippen LogP contribution in [-0.2, 0) is 0 Å². The van der Waals surface area contributed by atoms with E-state index in [0.29, 0.717) is 6.61 Å². The Labute approximate surface area is 206 Å². The van der Waals surface area contributed by atoms with E-state index in [1.807, 2.05) is 42.5 Å². The maximum absolute atomic E-state index is 9.89. The SMILES string of the molecule is Oc1ccc(/C(=C\c2cccc3cc(O)ccc23)c2ccc(OCCN3CCCCC3)cc2)cc1. The zero-order valence-electron chi connectivity index (χ0n) is 19.9. The molecule has 4 nitrogen and oxygen atoms in total. The van der Waals surface area contributed by atoms with Gasteiger partial charge in [0, 0.05) is 6.54 Å². The summed E-state index contributed by atoms with van der Waals surface area (Å²) in [6.45, 7) is 4.02. The van der Waals surface area contributed by atoms with Crippen LogP contribution in [0.15, 0.2) is 84.9 Å². The average Bonchev–Trinajstić information content (AvgIpc) is 2.89. The predicted molar refractivity (Wildman–Crippen MR) is 143 cm³/mol. The molecule has 0 radical (unpaired) electrons. The number of rotatable bonds is 7. The third-order valence-electron chi connectivity index (χ3n) is 6.67. The fourth-order valence-corrected chi connectivity index (χ4v) is 4.76. The maximum atomic E-state index is 9.89. The van der Waals surface area contributed by atoms with Crippen molar-refractivity contribution in [3.63, 3.8) is 0 Å². The predicted octanol–water partition coefficient (Wildman–Crippen LogP) is 6.70. The normalized spacial score (nSPS) is 14.8. The quantitative estimate of drug-likeness (QED) is 0.298. The van der Waals surface area contributed by atoms with Crippen molar-refractivity contribution >= 4 is 22.4 Å². The molecule has 178 valence electrons. The molecular formula is C31H31NO3. The number of benzene rings is 4. The Morgan fingerprint density at radius 3 is 2.20 bits per heavy atom. The van der Waals surface area contributed by atoms with Gasteiger partial charge in [-0.15, -0.1) is 0 Å². The first-order valence-corrected chi connectivity index (χ1v) is 12.3. The molecule has 2 N–H and O–H groups in total. The summed E-state index contributed by atoms with van der Waals surface area (Å²) in [6, 6.07) is 27.1. The van der Waals surface area contributed by atoms with Crippen molar-refractivity contribution in [2.45, 2.75) is 19.3 Å². The molecule has 35 heavy (non-hydrogen) atoms. The van der Waals surface area contributed by atoms with Gasteiger partial charge < -0.3 is 14.9 Å². The molecule has 4 aromatic rings. The molecule has 0 amide bonds. The molecule has 0 aromatic heterocycles. The second-order valence-electron chi connectivity index (χ2n) is 9.13. The van der Waals surface area contributed by atoms with E-state index in [-0.39, 0.29) is 11.5 Å². The van der Waals surface area contributed by atoms with Crippen molar-refractivity contribution < 1.29 is 14.9 Å². The minimum Gasteiger partial charge on any atom is -0.508 e. The van der Waals surface area contributed by atoms with E-state index in [2.05, 4.69) is 29.2 Å². The number of nitrogens with zero attached hydrogens (tertiary/aromatic N) is 1. The highest BCUT2D eigenvalue weighted by Crippen LogP contribution is 2.32. The van der Waals surface area contributed by atoms with Crippen molar-refractivity contribution in [2.24, 2.45) is 0 Å². The third kappa shape index (κ3) is 5.67. The summed E-state index contributed by atoms with van der Waals surface area (Å²) in [4.78, 5) is 2.48. The summed E-state index contributed by atoms with van der Waals surface area (Å²) in [5.74, 6) is 1.37. The number of aromatic hydroxyl groups is 2. The van der Waals surface area contributed by atoms with Gasteiger partial charge in [-0.25, -0.2) is 0 Å². The van der Waals surface area contributed by atoms with E-state index >= 15 is 0 Å². The second kappa shape index (κ2) is 10.7. The van der Waals surface area contributed by atoms with E-state index in [0.717, 1.165) is 45.3 Å². The molecule has 1 fully saturated rings. The lowest BCUT2D eigenvalue weighted by Crippen LogP contribution is -2.33. The number of likely N-dealkylation sites (tertiary alicyclic amines) is 1. The zero-order valence-corrected chi connectivity index (χ0v) is 19.9. The summed E-state index contributed by atoms with van der Waals surface area (Å²) in [5, 5.41) is 21.8. The molecule has 0 atom stereocenters. The fourth-order valence-electron chi connectivity index (χ4n) is 4.76. The lowest BCUT2D eigenvalue weighted by atomic mass is 9.94. The Morgan fingerprint density at radius 2 is 1.46 bits per heavy atom.